The average Bonchev–Trinajstić information content (AvgIpc) is 2.15. The van der Waals surface area contributed by atoms with Crippen molar-refractivity contribution in [1.82, 2.24) is 0 Å². The van der Waals surface area contributed by atoms with Crippen LogP contribution in [-0.2, 0) is 6.42 Å². The van der Waals surface area contributed by atoms with Crippen molar-refractivity contribution in [2.75, 3.05) is 7.11 Å². The Morgan fingerprint density at radius 3 is 2.27 bits per heavy atom. The number of ether oxygens (including phenoxy) is 1. The zero-order valence-electron chi connectivity index (χ0n) is 9.06. The zero-order chi connectivity index (χ0) is 10.8. The summed E-state index contributed by atoms with van der Waals surface area (Å²) in [5, 5.41) is 0. The van der Waals surface area contributed by atoms with Gasteiger partial charge in [-0.3, -0.25) is 0 Å². The van der Waals surface area contributed by atoms with Crippen LogP contribution in [0, 0.1) is 0 Å². The third kappa shape index (κ3) is 4.11. The van der Waals surface area contributed by atoms with E-state index in [-0.39, 0.29) is 57.1 Å². The summed E-state index contributed by atoms with van der Waals surface area (Å²) < 4.78 is 42.3. The van der Waals surface area contributed by atoms with Crippen LogP contribution >= 0.6 is 0 Å². The molecule has 1 aromatic carbocycles. The molecule has 0 aliphatic heterocycles. The summed E-state index contributed by atoms with van der Waals surface area (Å²) in [5.74, 6) is -0.102. The summed E-state index contributed by atoms with van der Waals surface area (Å²) in [4.78, 5) is 0. The van der Waals surface area contributed by atoms with E-state index in [1.165, 1.54) is 13.2 Å². The Balaban J connectivity index is 0.00000196. The van der Waals surface area contributed by atoms with Crippen molar-refractivity contribution in [2.45, 2.75) is 13.3 Å². The number of benzene rings is 1. The molecule has 1 rings (SSSR count). The van der Waals surface area contributed by atoms with E-state index >= 15 is 0 Å². The van der Waals surface area contributed by atoms with Crippen molar-refractivity contribution in [3.05, 3.63) is 23.8 Å². The molecule has 0 N–H and O–H groups in total. The van der Waals surface area contributed by atoms with Crippen LogP contribution in [0.1, 0.15) is 12.5 Å². The van der Waals surface area contributed by atoms with Crippen LogP contribution in [0.3, 0.4) is 0 Å². The van der Waals surface area contributed by atoms with Crippen LogP contribution < -0.4 is 61.6 Å². The number of methoxy groups -OCH3 is 1. The fourth-order valence-electron chi connectivity index (χ4n) is 1.26. The van der Waals surface area contributed by atoms with Gasteiger partial charge in [0.1, 0.15) is 0 Å². The van der Waals surface area contributed by atoms with Gasteiger partial charge in [-0.05, 0) is 12.5 Å². The van der Waals surface area contributed by atoms with Gasteiger partial charge in [0.2, 0.25) is 0 Å². The summed E-state index contributed by atoms with van der Waals surface area (Å²) in [5.41, 5.74) is 0.0202. The molecule has 0 bridgehead atoms. The Hall–Kier alpha value is 0.511. The smallest absolute Gasteiger partial charge is 0.500 e. The fraction of sp³-hybridized carbons (Fsp3) is 0.333. The molecule has 1 nitrogen and oxygen atoms in total. The van der Waals surface area contributed by atoms with E-state index in [4.69, 9.17) is 0 Å². The van der Waals surface area contributed by atoms with Gasteiger partial charge in [0.25, 0.3) is 0 Å². The maximum Gasteiger partial charge on any atom is 1.00 e. The van der Waals surface area contributed by atoms with Gasteiger partial charge in [-0.25, -0.2) is 0 Å². The Labute approximate surface area is 130 Å². The maximum absolute atomic E-state index is 12.5. The van der Waals surface area contributed by atoms with E-state index in [9.17, 15) is 12.9 Å². The fourth-order valence-corrected chi connectivity index (χ4v) is 1.26. The molecule has 0 fully saturated rings. The van der Waals surface area contributed by atoms with Crippen LogP contribution in [0.15, 0.2) is 18.2 Å². The molecule has 0 amide bonds. The van der Waals surface area contributed by atoms with Crippen molar-refractivity contribution < 1.29 is 69.1 Å². The summed E-state index contributed by atoms with van der Waals surface area (Å²) in [6.07, 6.45) is 0.586. The second-order valence-corrected chi connectivity index (χ2v) is 3.00. The largest absolute Gasteiger partial charge is 1.00 e. The quantitative estimate of drug-likeness (QED) is 0.638. The molecule has 0 saturated carbocycles. The maximum atomic E-state index is 12.5. The van der Waals surface area contributed by atoms with E-state index in [1.807, 2.05) is 6.92 Å². The number of rotatable bonds is 3. The minimum Gasteiger partial charge on any atom is -0.500 e. The molecule has 0 aliphatic carbocycles. The molecular formula is C9H11BF3KO. The van der Waals surface area contributed by atoms with Crippen molar-refractivity contribution in [3.8, 4) is 5.75 Å². The molecule has 1 aromatic rings. The van der Waals surface area contributed by atoms with Gasteiger partial charge in [0.15, 0.2) is 0 Å². The van der Waals surface area contributed by atoms with E-state index in [1.54, 1.807) is 6.07 Å². The first-order chi connectivity index (χ1) is 6.49. The van der Waals surface area contributed by atoms with Crippen LogP contribution in [-0.4, -0.2) is 14.1 Å². The first-order valence-electron chi connectivity index (χ1n) is 4.35. The molecule has 0 saturated heterocycles. The van der Waals surface area contributed by atoms with Gasteiger partial charge >= 0.3 is 58.4 Å². The first kappa shape index (κ1) is 15.5. The van der Waals surface area contributed by atoms with Crippen LogP contribution in [0.25, 0.3) is 0 Å². The van der Waals surface area contributed by atoms with Gasteiger partial charge in [0, 0.05) is 0 Å². The minimum absolute atomic E-state index is 0. The number of hydrogen-bond acceptors (Lipinski definition) is 1. The molecule has 0 heterocycles. The monoisotopic (exact) mass is 242 g/mol. The summed E-state index contributed by atoms with van der Waals surface area (Å²) in [6.45, 7) is -3.18. The standard InChI is InChI=1S/C9H11BF3O.K/c1-3-7-4-5-9(14-2)8(6-7)10(11,12)13;/h4-6H,3H2,1-2H3;/q-1;+1. The van der Waals surface area contributed by atoms with E-state index in [0.717, 1.165) is 6.07 Å². The third-order valence-corrected chi connectivity index (χ3v) is 2.06. The molecule has 0 atom stereocenters. The Morgan fingerprint density at radius 2 is 1.87 bits per heavy atom. The molecule has 0 aromatic heterocycles. The van der Waals surface area contributed by atoms with Gasteiger partial charge < -0.3 is 17.7 Å². The second-order valence-electron chi connectivity index (χ2n) is 3.00. The summed E-state index contributed by atoms with van der Waals surface area (Å²) in [7, 11) is 1.24. The molecule has 0 radical (unpaired) electrons. The van der Waals surface area contributed by atoms with Gasteiger partial charge in [0.05, 0.1) is 12.9 Å². The van der Waals surface area contributed by atoms with Crippen molar-refractivity contribution in [3.63, 3.8) is 0 Å². The van der Waals surface area contributed by atoms with Crippen LogP contribution in [0.5, 0.6) is 5.75 Å². The average molecular weight is 242 g/mol. The zero-order valence-corrected chi connectivity index (χ0v) is 12.2. The molecule has 0 unspecified atom stereocenters. The molecule has 0 spiro atoms. The first-order valence-corrected chi connectivity index (χ1v) is 4.35. The summed E-state index contributed by atoms with van der Waals surface area (Å²) in [6, 6.07) is 4.16. The molecule has 15 heavy (non-hydrogen) atoms. The third-order valence-electron chi connectivity index (χ3n) is 2.06. The topological polar surface area (TPSA) is 9.23 Å². The Bertz CT molecular complexity index is 328. The van der Waals surface area contributed by atoms with Gasteiger partial charge in [-0.2, -0.15) is 0 Å². The predicted octanol–water partition coefficient (Wildman–Crippen LogP) is -0.684. The number of halogens is 3. The van der Waals surface area contributed by atoms with Crippen LogP contribution in [0.4, 0.5) is 12.9 Å². The van der Waals surface area contributed by atoms with Gasteiger partial charge in [-0.15, -0.1) is 0 Å². The normalized spacial score (nSPS) is 10.7. The SMILES string of the molecule is CCc1ccc(OC)c([B-](F)(F)F)c1.[K+]. The molecule has 0 aliphatic rings. The molecule has 6 heteroatoms. The minimum atomic E-state index is -4.99. The number of aryl methyl sites for hydroxylation is 1. The predicted molar refractivity (Wildman–Crippen MR) is 51.1 cm³/mol. The summed E-state index contributed by atoms with van der Waals surface area (Å²) >= 11 is 0. The second kappa shape index (κ2) is 6.30. The Kier molecular flexibility index (Phi) is 6.51. The molecular weight excluding hydrogens is 231 g/mol. The van der Waals surface area contributed by atoms with Crippen molar-refractivity contribution in [1.29, 1.82) is 0 Å². The van der Waals surface area contributed by atoms with Gasteiger partial charge in [-0.1, -0.05) is 30.1 Å². The number of hydrogen-bond donors (Lipinski definition) is 0. The van der Waals surface area contributed by atoms with E-state index in [0.29, 0.717) is 12.0 Å². The Morgan fingerprint density at radius 1 is 1.27 bits per heavy atom. The van der Waals surface area contributed by atoms with Crippen molar-refractivity contribution in [2.24, 2.45) is 0 Å². The molecule has 78 valence electrons. The van der Waals surface area contributed by atoms with Crippen LogP contribution in [0.2, 0.25) is 0 Å². The van der Waals surface area contributed by atoms with E-state index < -0.39 is 12.4 Å². The van der Waals surface area contributed by atoms with E-state index in [2.05, 4.69) is 4.74 Å². The van der Waals surface area contributed by atoms with Crippen molar-refractivity contribution >= 4 is 12.4 Å².